The molecule has 1 rings (SSSR count). The smallest absolute Gasteiger partial charge is 0.235 e. The summed E-state index contributed by atoms with van der Waals surface area (Å²) in [5.74, 6) is 6.44. The Morgan fingerprint density at radius 3 is 2.45 bits per heavy atom. The molecule has 0 amide bonds. The summed E-state index contributed by atoms with van der Waals surface area (Å²) < 4.78 is 7.38. The van der Waals surface area contributed by atoms with Crippen molar-refractivity contribution in [3.63, 3.8) is 0 Å². The molecule has 0 aromatic carbocycles. The van der Waals surface area contributed by atoms with Crippen LogP contribution < -0.4 is 21.8 Å². The molecule has 0 fully saturated rings. The zero-order chi connectivity index (χ0) is 15.3. The van der Waals surface area contributed by atoms with Gasteiger partial charge in [0.05, 0.1) is 6.10 Å². The van der Waals surface area contributed by atoms with Crippen LogP contribution in [-0.2, 0) is 0 Å². The molecule has 1 aromatic heterocycles. The highest BCUT2D eigenvalue weighted by Gasteiger charge is 2.16. The van der Waals surface area contributed by atoms with E-state index in [9.17, 15) is 0 Å². The van der Waals surface area contributed by atoms with Crippen LogP contribution in [0.2, 0.25) is 0 Å². The first-order valence-electron chi connectivity index (χ1n) is 6.94. The summed E-state index contributed by atoms with van der Waals surface area (Å²) in [6, 6.07) is 1.84. The lowest BCUT2D eigenvalue weighted by molar-refractivity contribution is 0.178. The van der Waals surface area contributed by atoms with Gasteiger partial charge < -0.3 is 16.3 Å². The van der Waals surface area contributed by atoms with Gasteiger partial charge in [0.25, 0.3) is 0 Å². The van der Waals surface area contributed by atoms with Crippen LogP contribution in [0.4, 0.5) is 0 Å². The molecule has 0 radical (unpaired) electrons. The molecule has 0 spiro atoms. The number of hydrogen-bond donors (Lipinski definition) is 2. The van der Waals surface area contributed by atoms with Gasteiger partial charge >= 0.3 is 0 Å². The summed E-state index contributed by atoms with van der Waals surface area (Å²) in [5.41, 5.74) is 7.13. The third-order valence-electron chi connectivity index (χ3n) is 3.15. The highest BCUT2D eigenvalue weighted by molar-refractivity contribution is 5.37. The Morgan fingerprint density at radius 1 is 1.45 bits per heavy atom. The summed E-state index contributed by atoms with van der Waals surface area (Å²) in [7, 11) is 0. The Morgan fingerprint density at radius 2 is 2.05 bits per heavy atom. The molecule has 0 aliphatic carbocycles. The minimum Gasteiger partial charge on any atom is -0.473 e. The van der Waals surface area contributed by atoms with E-state index in [1.807, 2.05) is 6.07 Å². The van der Waals surface area contributed by atoms with E-state index in [0.717, 1.165) is 18.4 Å². The average Bonchev–Trinajstić information content (AvgIpc) is 2.43. The monoisotopic (exact) mass is 279 g/mol. The van der Waals surface area contributed by atoms with E-state index in [0.29, 0.717) is 11.4 Å². The second kappa shape index (κ2) is 6.98. The van der Waals surface area contributed by atoms with E-state index in [1.54, 1.807) is 0 Å². The molecular formula is C14H25N5O. The molecule has 20 heavy (non-hydrogen) atoms. The van der Waals surface area contributed by atoms with Gasteiger partial charge in [-0.2, -0.15) is 9.78 Å². The standard InChI is InChI=1S/C14H25N5O/c1-6-11(7-2)20-14-12(9(3)4)8-13(17-16)19(18-14)10(5)15/h8-9,11H,5-7,15-16H2,1-4H3/b17-13-. The molecule has 6 nitrogen and oxygen atoms in total. The van der Waals surface area contributed by atoms with Crippen LogP contribution in [0.5, 0.6) is 5.88 Å². The van der Waals surface area contributed by atoms with E-state index in [-0.39, 0.29) is 17.8 Å². The van der Waals surface area contributed by atoms with Gasteiger partial charge in [0.1, 0.15) is 5.82 Å². The maximum Gasteiger partial charge on any atom is 0.235 e. The third-order valence-corrected chi connectivity index (χ3v) is 3.15. The lowest BCUT2D eigenvalue weighted by Crippen LogP contribution is -2.29. The van der Waals surface area contributed by atoms with Crippen molar-refractivity contribution in [3.05, 3.63) is 23.7 Å². The molecule has 0 saturated heterocycles. The lowest BCUT2D eigenvalue weighted by Gasteiger charge is -2.20. The number of ether oxygens (including phenoxy) is 1. The second-order valence-corrected chi connectivity index (χ2v) is 5.01. The Balaban J connectivity index is 3.40. The van der Waals surface area contributed by atoms with Crippen LogP contribution in [0.25, 0.3) is 5.82 Å². The van der Waals surface area contributed by atoms with Crippen molar-refractivity contribution < 1.29 is 4.74 Å². The molecule has 0 unspecified atom stereocenters. The summed E-state index contributed by atoms with van der Waals surface area (Å²) in [4.78, 5) is 0. The molecule has 0 saturated carbocycles. The van der Waals surface area contributed by atoms with Crippen LogP contribution >= 0.6 is 0 Å². The van der Waals surface area contributed by atoms with E-state index in [2.05, 4.69) is 44.5 Å². The summed E-state index contributed by atoms with van der Waals surface area (Å²) in [6.07, 6.45) is 1.96. The summed E-state index contributed by atoms with van der Waals surface area (Å²) >= 11 is 0. The van der Waals surface area contributed by atoms with Gasteiger partial charge in [-0.3, -0.25) is 0 Å². The van der Waals surface area contributed by atoms with Crippen molar-refractivity contribution in [2.45, 2.75) is 52.6 Å². The summed E-state index contributed by atoms with van der Waals surface area (Å²) in [6.45, 7) is 12.0. The van der Waals surface area contributed by atoms with Crippen molar-refractivity contribution in [2.75, 3.05) is 0 Å². The number of nitrogens with two attached hydrogens (primary N) is 2. The van der Waals surface area contributed by atoms with Gasteiger partial charge in [-0.15, -0.1) is 5.10 Å². The number of aromatic nitrogens is 2. The van der Waals surface area contributed by atoms with E-state index in [1.165, 1.54) is 4.68 Å². The van der Waals surface area contributed by atoms with Crippen LogP contribution in [0.3, 0.4) is 0 Å². The SMILES string of the molecule is C=C(N)n1nc(OC(CC)CC)c(C(C)C)c/c1=N/N. The number of hydrogen-bond acceptors (Lipinski definition) is 5. The van der Waals surface area contributed by atoms with Crippen molar-refractivity contribution in [1.82, 2.24) is 9.78 Å². The highest BCUT2D eigenvalue weighted by atomic mass is 16.5. The second-order valence-electron chi connectivity index (χ2n) is 5.01. The average molecular weight is 279 g/mol. The highest BCUT2D eigenvalue weighted by Crippen LogP contribution is 2.24. The Bertz CT molecular complexity index is 529. The lowest BCUT2D eigenvalue weighted by atomic mass is 10.1. The van der Waals surface area contributed by atoms with Gasteiger partial charge in [0.15, 0.2) is 5.49 Å². The van der Waals surface area contributed by atoms with Crippen LogP contribution in [0.15, 0.2) is 17.7 Å². The number of nitrogens with zero attached hydrogens (tertiary/aromatic N) is 3. The molecule has 1 aromatic rings. The summed E-state index contributed by atoms with van der Waals surface area (Å²) in [5, 5.41) is 8.10. The van der Waals surface area contributed by atoms with Gasteiger partial charge in [-0.25, -0.2) is 0 Å². The molecule has 0 aliphatic rings. The predicted molar refractivity (Wildman–Crippen MR) is 80.6 cm³/mol. The molecule has 0 bridgehead atoms. The molecule has 0 aliphatic heterocycles. The molecule has 0 atom stereocenters. The molecule has 112 valence electrons. The van der Waals surface area contributed by atoms with E-state index >= 15 is 0 Å². The first-order valence-corrected chi connectivity index (χ1v) is 6.94. The number of rotatable bonds is 6. The quantitative estimate of drug-likeness (QED) is 0.613. The molecule has 1 heterocycles. The van der Waals surface area contributed by atoms with Gasteiger partial charge in [-0.05, 0) is 24.8 Å². The fraction of sp³-hybridized carbons (Fsp3) is 0.571. The first kappa shape index (κ1) is 16.1. The van der Waals surface area contributed by atoms with E-state index in [4.69, 9.17) is 16.3 Å². The normalized spacial score (nSPS) is 12.2. The third kappa shape index (κ3) is 3.53. The van der Waals surface area contributed by atoms with Crippen molar-refractivity contribution >= 4 is 5.82 Å². The molecule has 6 heteroatoms. The fourth-order valence-electron chi connectivity index (χ4n) is 1.88. The maximum atomic E-state index is 5.98. The topological polar surface area (TPSA) is 91.5 Å². The largest absolute Gasteiger partial charge is 0.473 e. The predicted octanol–water partition coefficient (Wildman–Crippen LogP) is 1.74. The van der Waals surface area contributed by atoms with Crippen molar-refractivity contribution in [1.29, 1.82) is 0 Å². The fourth-order valence-corrected chi connectivity index (χ4v) is 1.88. The van der Waals surface area contributed by atoms with Gasteiger partial charge in [-0.1, -0.05) is 34.3 Å². The van der Waals surface area contributed by atoms with E-state index < -0.39 is 0 Å². The maximum absolute atomic E-state index is 5.98. The zero-order valence-corrected chi connectivity index (χ0v) is 12.8. The van der Waals surface area contributed by atoms with Crippen LogP contribution in [-0.4, -0.2) is 15.9 Å². The minimum atomic E-state index is 0.125. The van der Waals surface area contributed by atoms with Crippen molar-refractivity contribution in [2.24, 2.45) is 16.7 Å². The first-order chi connectivity index (χ1) is 9.44. The Labute approximate surface area is 120 Å². The van der Waals surface area contributed by atoms with Crippen molar-refractivity contribution in [3.8, 4) is 5.88 Å². The van der Waals surface area contributed by atoms with Crippen LogP contribution in [0, 0.1) is 0 Å². The Kier molecular flexibility index (Phi) is 5.61. The van der Waals surface area contributed by atoms with Gasteiger partial charge in [0.2, 0.25) is 5.88 Å². The van der Waals surface area contributed by atoms with Crippen LogP contribution in [0.1, 0.15) is 52.0 Å². The molecule has 4 N–H and O–H groups in total. The molecular weight excluding hydrogens is 254 g/mol. The zero-order valence-electron chi connectivity index (χ0n) is 12.8. The Hall–Kier alpha value is -1.98. The van der Waals surface area contributed by atoms with Gasteiger partial charge in [0, 0.05) is 5.56 Å². The minimum absolute atomic E-state index is 0.125.